The summed E-state index contributed by atoms with van der Waals surface area (Å²) < 4.78 is 0. The third-order valence-corrected chi connectivity index (χ3v) is 7.18. The predicted octanol–water partition coefficient (Wildman–Crippen LogP) is -4.28. The molecule has 2 aliphatic heterocycles. The van der Waals surface area contributed by atoms with Crippen molar-refractivity contribution in [3.63, 3.8) is 0 Å². The summed E-state index contributed by atoms with van der Waals surface area (Å²) in [6.45, 7) is 1.41. The number of carboxylic acids is 1. The molecule has 5 atom stereocenters. The van der Waals surface area contributed by atoms with E-state index in [0.29, 0.717) is 25.8 Å². The molecule has 18 nitrogen and oxygen atoms in total. The Morgan fingerprint density at radius 3 is 2.20 bits per heavy atom. The first-order valence-electron chi connectivity index (χ1n) is 14.6. The predicted molar refractivity (Wildman–Crippen MR) is 156 cm³/mol. The highest BCUT2D eigenvalue weighted by atomic mass is 16.4. The number of amides is 6. The van der Waals surface area contributed by atoms with Crippen LogP contribution < -0.4 is 43.8 Å². The number of carbonyl (C=O) groups is 7. The first-order chi connectivity index (χ1) is 20.8. The van der Waals surface area contributed by atoms with Gasteiger partial charge in [0, 0.05) is 13.1 Å². The minimum Gasteiger partial charge on any atom is -0.481 e. The second-order valence-electron chi connectivity index (χ2n) is 10.7. The number of aliphatic imine (C=N–C) groups is 1. The van der Waals surface area contributed by atoms with E-state index in [9.17, 15) is 38.7 Å². The molecule has 0 aliphatic carbocycles. The number of carboxylic acid groups (broad SMARTS) is 1. The summed E-state index contributed by atoms with van der Waals surface area (Å²) in [7, 11) is 0. The minimum absolute atomic E-state index is 0.0579. The van der Waals surface area contributed by atoms with Crippen LogP contribution in [0.2, 0.25) is 0 Å². The van der Waals surface area contributed by atoms with Gasteiger partial charge in [0.15, 0.2) is 5.96 Å². The fourth-order valence-corrected chi connectivity index (χ4v) is 4.89. The summed E-state index contributed by atoms with van der Waals surface area (Å²) in [5, 5.41) is 21.9. The molecule has 2 aliphatic rings. The zero-order valence-electron chi connectivity index (χ0n) is 24.8. The van der Waals surface area contributed by atoms with Crippen molar-refractivity contribution < 1.29 is 38.7 Å². The third kappa shape index (κ3) is 11.3. The summed E-state index contributed by atoms with van der Waals surface area (Å²) in [4.78, 5) is 95.3. The number of hydrogen-bond acceptors (Lipinski definition) is 9. The molecule has 0 aromatic heterocycles. The van der Waals surface area contributed by atoms with Crippen molar-refractivity contribution >= 4 is 47.4 Å². The SMILES string of the molecule is C[C@@H]1NC(=O)[C@@H]2CCCN2C(=O)[C@H](CC(=O)O)NC(=O)CNC(=O)[C@H](CCCN=C(N)N)NC(=O)[C@H](CCCCN)NC1=O. The molecule has 2 heterocycles. The molecule has 2 rings (SSSR count). The van der Waals surface area contributed by atoms with Gasteiger partial charge in [0.2, 0.25) is 35.4 Å². The maximum absolute atomic E-state index is 13.3. The highest BCUT2D eigenvalue weighted by molar-refractivity contribution is 5.98. The van der Waals surface area contributed by atoms with Crippen molar-refractivity contribution in [3.05, 3.63) is 0 Å². The average molecular weight is 625 g/mol. The van der Waals surface area contributed by atoms with Gasteiger partial charge in [-0.05, 0) is 58.4 Å². The molecular formula is C26H44N10O8. The van der Waals surface area contributed by atoms with E-state index in [1.807, 2.05) is 0 Å². The van der Waals surface area contributed by atoms with Crippen LogP contribution in [0.1, 0.15) is 58.3 Å². The van der Waals surface area contributed by atoms with Crippen molar-refractivity contribution in [3.8, 4) is 0 Å². The van der Waals surface area contributed by atoms with Gasteiger partial charge in [0.05, 0.1) is 13.0 Å². The number of nitrogens with two attached hydrogens (primary N) is 3. The van der Waals surface area contributed by atoms with Crippen LogP contribution in [0.5, 0.6) is 0 Å². The summed E-state index contributed by atoms with van der Waals surface area (Å²) in [6, 6.07) is -5.89. The molecule has 0 saturated carbocycles. The van der Waals surface area contributed by atoms with Crippen LogP contribution in [0.25, 0.3) is 0 Å². The fraction of sp³-hybridized carbons (Fsp3) is 0.692. The number of guanidine groups is 1. The standard InChI is InChI=1S/C26H44N10O8/c1-14-21(40)34-16(6-2-3-9-27)23(42)35-15(7-4-10-30-26(28)29)22(41)31-13-19(37)33-17(12-20(38)39)25(44)36-11-5-8-18(36)24(43)32-14/h14-18H,2-13,27H2,1H3,(H,31,41)(H,32,43)(H,33,37)(H,34,40)(H,35,42)(H,38,39)(H4,28,29,30)/t14-,15-,16-,17-,18-/m0/s1. The lowest BCUT2D eigenvalue weighted by atomic mass is 10.1. The Balaban J connectivity index is 2.39. The largest absolute Gasteiger partial charge is 0.481 e. The number of unbranched alkanes of at least 4 members (excludes halogenated alkanes) is 1. The molecule has 44 heavy (non-hydrogen) atoms. The van der Waals surface area contributed by atoms with Gasteiger partial charge >= 0.3 is 5.97 Å². The molecule has 2 fully saturated rings. The van der Waals surface area contributed by atoms with E-state index >= 15 is 0 Å². The van der Waals surface area contributed by atoms with Crippen LogP contribution in [0.15, 0.2) is 4.99 Å². The molecule has 12 N–H and O–H groups in total. The molecule has 0 aromatic carbocycles. The number of nitrogens with one attached hydrogen (secondary N) is 5. The van der Waals surface area contributed by atoms with Crippen LogP contribution in [0.4, 0.5) is 0 Å². The highest BCUT2D eigenvalue weighted by Crippen LogP contribution is 2.20. The lowest BCUT2D eigenvalue weighted by molar-refractivity contribution is -0.146. The van der Waals surface area contributed by atoms with Gasteiger partial charge in [-0.2, -0.15) is 0 Å². The molecule has 6 amide bonds. The Morgan fingerprint density at radius 2 is 1.55 bits per heavy atom. The van der Waals surface area contributed by atoms with Gasteiger partial charge in [0.1, 0.15) is 30.2 Å². The Hall–Kier alpha value is -4.48. The minimum atomic E-state index is -1.52. The number of rotatable bonds is 10. The zero-order valence-corrected chi connectivity index (χ0v) is 24.8. The van der Waals surface area contributed by atoms with Crippen LogP contribution >= 0.6 is 0 Å². The van der Waals surface area contributed by atoms with E-state index in [-0.39, 0.29) is 44.7 Å². The second-order valence-corrected chi connectivity index (χ2v) is 10.7. The van der Waals surface area contributed by atoms with Gasteiger partial charge in [-0.15, -0.1) is 0 Å². The Morgan fingerprint density at radius 1 is 0.886 bits per heavy atom. The fourth-order valence-electron chi connectivity index (χ4n) is 4.89. The summed E-state index contributed by atoms with van der Waals surface area (Å²) in [6.07, 6.45) is 1.48. The van der Waals surface area contributed by atoms with Gasteiger partial charge in [0.25, 0.3) is 0 Å². The topological polar surface area (TPSA) is 294 Å². The van der Waals surface area contributed by atoms with E-state index in [1.165, 1.54) is 11.8 Å². The molecular weight excluding hydrogens is 580 g/mol. The summed E-state index contributed by atoms with van der Waals surface area (Å²) in [5.74, 6) is -5.90. The smallest absolute Gasteiger partial charge is 0.305 e. The lowest BCUT2D eigenvalue weighted by Gasteiger charge is -2.29. The molecule has 0 radical (unpaired) electrons. The van der Waals surface area contributed by atoms with Crippen molar-refractivity contribution in [2.75, 3.05) is 26.2 Å². The molecule has 2 saturated heterocycles. The highest BCUT2D eigenvalue weighted by Gasteiger charge is 2.39. The lowest BCUT2D eigenvalue weighted by Crippen LogP contribution is -2.59. The van der Waals surface area contributed by atoms with E-state index < -0.39 is 84.6 Å². The molecule has 0 unspecified atom stereocenters. The Kier molecular flexibility index (Phi) is 14.3. The average Bonchev–Trinajstić information content (AvgIpc) is 3.45. The summed E-state index contributed by atoms with van der Waals surface area (Å²) in [5.41, 5.74) is 16.3. The number of fused-ring (bicyclic) bond motifs is 1. The maximum Gasteiger partial charge on any atom is 0.305 e. The molecule has 0 spiro atoms. The van der Waals surface area contributed by atoms with Gasteiger partial charge in [-0.3, -0.25) is 38.6 Å². The monoisotopic (exact) mass is 624 g/mol. The normalized spacial score (nSPS) is 25.8. The van der Waals surface area contributed by atoms with Gasteiger partial charge in [-0.1, -0.05) is 0 Å². The Labute approximate surface area is 254 Å². The number of hydrogen-bond donors (Lipinski definition) is 9. The van der Waals surface area contributed by atoms with Crippen molar-refractivity contribution in [1.29, 1.82) is 0 Å². The van der Waals surface area contributed by atoms with E-state index in [1.54, 1.807) is 0 Å². The van der Waals surface area contributed by atoms with Crippen LogP contribution in [0.3, 0.4) is 0 Å². The van der Waals surface area contributed by atoms with E-state index in [2.05, 4.69) is 31.6 Å². The van der Waals surface area contributed by atoms with E-state index in [4.69, 9.17) is 17.2 Å². The maximum atomic E-state index is 13.3. The second kappa shape index (κ2) is 17.6. The van der Waals surface area contributed by atoms with Crippen molar-refractivity contribution in [2.45, 2.75) is 88.5 Å². The number of nitrogens with zero attached hydrogens (tertiary/aromatic N) is 2. The molecule has 0 bridgehead atoms. The van der Waals surface area contributed by atoms with Crippen LogP contribution in [0, 0.1) is 0 Å². The third-order valence-electron chi connectivity index (χ3n) is 7.18. The van der Waals surface area contributed by atoms with Crippen LogP contribution in [-0.4, -0.2) is 114 Å². The van der Waals surface area contributed by atoms with Crippen molar-refractivity contribution in [2.24, 2.45) is 22.2 Å². The summed E-state index contributed by atoms with van der Waals surface area (Å²) >= 11 is 0. The number of carbonyl (C=O) groups excluding carboxylic acids is 6. The van der Waals surface area contributed by atoms with Crippen LogP contribution in [-0.2, 0) is 33.6 Å². The van der Waals surface area contributed by atoms with Crippen molar-refractivity contribution in [1.82, 2.24) is 31.5 Å². The first-order valence-corrected chi connectivity index (χ1v) is 14.6. The van der Waals surface area contributed by atoms with Gasteiger partial charge < -0.3 is 53.8 Å². The van der Waals surface area contributed by atoms with E-state index in [0.717, 1.165) is 0 Å². The quantitative estimate of drug-likeness (QED) is 0.0636. The first kappa shape index (κ1) is 35.7. The Bertz CT molecular complexity index is 1110. The zero-order chi connectivity index (χ0) is 32.8. The molecule has 246 valence electrons. The number of aliphatic carboxylic acids is 1. The van der Waals surface area contributed by atoms with Gasteiger partial charge in [-0.25, -0.2) is 0 Å². The molecule has 0 aromatic rings. The molecule has 18 heteroatoms.